The summed E-state index contributed by atoms with van der Waals surface area (Å²) < 4.78 is 10.5. The summed E-state index contributed by atoms with van der Waals surface area (Å²) in [5.41, 5.74) is 2.40. The number of hydrogen-bond donors (Lipinski definition) is 0. The maximum atomic E-state index is 13.0. The van der Waals surface area contributed by atoms with Crippen molar-refractivity contribution in [3.8, 4) is 11.5 Å². The van der Waals surface area contributed by atoms with Gasteiger partial charge in [0.15, 0.2) is 11.5 Å². The van der Waals surface area contributed by atoms with E-state index in [1.54, 1.807) is 43.4 Å². The number of carbonyl (C=O) groups is 1. The first-order valence-electron chi connectivity index (χ1n) is 8.24. The smallest absolute Gasteiger partial charge is 0.259 e. The first kappa shape index (κ1) is 16.7. The topological polar surface area (TPSA) is 51.7 Å². The van der Waals surface area contributed by atoms with Crippen molar-refractivity contribution in [3.05, 3.63) is 58.6 Å². The van der Waals surface area contributed by atoms with Crippen molar-refractivity contribution in [1.82, 2.24) is 4.98 Å². The van der Waals surface area contributed by atoms with Crippen molar-refractivity contribution in [3.63, 3.8) is 0 Å². The molecule has 1 aliphatic rings. The highest BCUT2D eigenvalue weighted by atomic mass is 35.5. The number of hydrogen-bond acceptors (Lipinski definition) is 4. The molecule has 0 saturated heterocycles. The Hall–Kier alpha value is -2.79. The van der Waals surface area contributed by atoms with Crippen LogP contribution in [-0.4, -0.2) is 31.7 Å². The van der Waals surface area contributed by atoms with Crippen LogP contribution in [0.3, 0.4) is 0 Å². The SMILES string of the molecule is COc1ccc(C(=O)N2CCc3cc4cc(Cl)ccc4nc32)cc1OC. The van der Waals surface area contributed by atoms with Crippen LogP contribution in [0.25, 0.3) is 10.9 Å². The number of rotatable bonds is 3. The molecule has 0 bridgehead atoms. The number of benzene rings is 2. The van der Waals surface area contributed by atoms with Crippen molar-refractivity contribution in [2.75, 3.05) is 25.7 Å². The number of aromatic nitrogens is 1. The number of methoxy groups -OCH3 is 2. The number of fused-ring (bicyclic) bond motifs is 2. The predicted molar refractivity (Wildman–Crippen MR) is 102 cm³/mol. The molecule has 3 aromatic rings. The Bertz CT molecular complexity index is 1020. The highest BCUT2D eigenvalue weighted by Crippen LogP contribution is 2.33. The van der Waals surface area contributed by atoms with E-state index in [2.05, 4.69) is 6.07 Å². The number of anilines is 1. The van der Waals surface area contributed by atoms with Gasteiger partial charge in [-0.05, 0) is 54.4 Å². The Labute approximate surface area is 156 Å². The van der Waals surface area contributed by atoms with Crippen molar-refractivity contribution in [1.29, 1.82) is 0 Å². The minimum Gasteiger partial charge on any atom is -0.493 e. The van der Waals surface area contributed by atoms with Gasteiger partial charge in [0.1, 0.15) is 5.82 Å². The third kappa shape index (κ3) is 2.74. The molecular formula is C20H17ClN2O3. The molecule has 0 atom stereocenters. The number of pyridine rings is 1. The van der Waals surface area contributed by atoms with Crippen LogP contribution < -0.4 is 14.4 Å². The molecule has 1 amide bonds. The minimum atomic E-state index is -0.106. The van der Waals surface area contributed by atoms with Gasteiger partial charge in [-0.25, -0.2) is 4.98 Å². The fourth-order valence-corrected chi connectivity index (χ4v) is 3.44. The highest BCUT2D eigenvalue weighted by Gasteiger charge is 2.28. The average molecular weight is 369 g/mol. The van der Waals surface area contributed by atoms with Crippen LogP contribution in [0.5, 0.6) is 11.5 Å². The molecule has 5 nitrogen and oxygen atoms in total. The summed E-state index contributed by atoms with van der Waals surface area (Å²) in [7, 11) is 3.12. The summed E-state index contributed by atoms with van der Waals surface area (Å²) in [6.07, 6.45) is 0.768. The largest absolute Gasteiger partial charge is 0.493 e. The minimum absolute atomic E-state index is 0.106. The maximum absolute atomic E-state index is 13.0. The molecule has 6 heteroatoms. The monoisotopic (exact) mass is 368 g/mol. The molecule has 4 rings (SSSR count). The molecule has 2 aromatic carbocycles. The summed E-state index contributed by atoms with van der Waals surface area (Å²) in [5.74, 6) is 1.72. The van der Waals surface area contributed by atoms with E-state index in [0.29, 0.717) is 34.4 Å². The van der Waals surface area contributed by atoms with Crippen molar-refractivity contribution in [2.24, 2.45) is 0 Å². The van der Waals surface area contributed by atoms with Gasteiger partial charge < -0.3 is 9.47 Å². The van der Waals surface area contributed by atoms with Crippen LogP contribution in [0.15, 0.2) is 42.5 Å². The van der Waals surface area contributed by atoms with Crippen LogP contribution in [0.1, 0.15) is 15.9 Å². The van der Waals surface area contributed by atoms with E-state index in [1.165, 1.54) is 0 Å². The molecule has 1 aliphatic heterocycles. The van der Waals surface area contributed by atoms with E-state index in [-0.39, 0.29) is 5.91 Å². The second kappa shape index (κ2) is 6.50. The van der Waals surface area contributed by atoms with E-state index in [0.717, 1.165) is 22.9 Å². The van der Waals surface area contributed by atoms with Crippen molar-refractivity contribution >= 4 is 34.2 Å². The van der Waals surface area contributed by atoms with Crippen LogP contribution >= 0.6 is 11.6 Å². The Morgan fingerprint density at radius 2 is 1.88 bits per heavy atom. The quantitative estimate of drug-likeness (QED) is 0.698. The zero-order valence-corrected chi connectivity index (χ0v) is 15.2. The summed E-state index contributed by atoms with van der Waals surface area (Å²) >= 11 is 6.07. The molecule has 26 heavy (non-hydrogen) atoms. The van der Waals surface area contributed by atoms with Gasteiger partial charge in [-0.15, -0.1) is 0 Å². The lowest BCUT2D eigenvalue weighted by Gasteiger charge is -2.18. The first-order valence-corrected chi connectivity index (χ1v) is 8.61. The Kier molecular flexibility index (Phi) is 4.17. The van der Waals surface area contributed by atoms with Gasteiger partial charge in [-0.2, -0.15) is 0 Å². The van der Waals surface area contributed by atoms with Gasteiger partial charge in [0.05, 0.1) is 19.7 Å². The third-order valence-corrected chi connectivity index (χ3v) is 4.80. The second-order valence-electron chi connectivity index (χ2n) is 6.08. The lowest BCUT2D eigenvalue weighted by atomic mass is 10.1. The zero-order chi connectivity index (χ0) is 18.3. The first-order chi connectivity index (χ1) is 12.6. The number of halogens is 1. The van der Waals surface area contributed by atoms with Crippen LogP contribution in [0.4, 0.5) is 5.82 Å². The highest BCUT2D eigenvalue weighted by molar-refractivity contribution is 6.31. The number of amides is 1. The summed E-state index contributed by atoms with van der Waals surface area (Å²) in [6.45, 7) is 0.597. The Morgan fingerprint density at radius 3 is 2.65 bits per heavy atom. The van der Waals surface area contributed by atoms with Gasteiger partial charge >= 0.3 is 0 Å². The molecule has 0 saturated carbocycles. The third-order valence-electron chi connectivity index (χ3n) is 4.57. The lowest BCUT2D eigenvalue weighted by molar-refractivity contribution is 0.0988. The van der Waals surface area contributed by atoms with Crippen LogP contribution in [0.2, 0.25) is 5.02 Å². The summed E-state index contributed by atoms with van der Waals surface area (Å²) in [5, 5.41) is 1.66. The van der Waals surface area contributed by atoms with Crippen LogP contribution in [-0.2, 0) is 6.42 Å². The van der Waals surface area contributed by atoms with E-state index < -0.39 is 0 Å². The molecule has 0 fully saturated rings. The van der Waals surface area contributed by atoms with Gasteiger partial charge in [-0.3, -0.25) is 9.69 Å². The molecule has 0 unspecified atom stereocenters. The maximum Gasteiger partial charge on any atom is 0.259 e. The van der Waals surface area contributed by atoms with Gasteiger partial charge in [0, 0.05) is 22.5 Å². The average Bonchev–Trinajstić information content (AvgIpc) is 3.07. The number of nitrogens with zero attached hydrogens (tertiary/aromatic N) is 2. The molecule has 0 spiro atoms. The molecule has 0 radical (unpaired) electrons. The fraction of sp³-hybridized carbons (Fsp3) is 0.200. The molecule has 1 aromatic heterocycles. The Balaban J connectivity index is 1.72. The van der Waals surface area contributed by atoms with Crippen LogP contribution in [0, 0.1) is 0 Å². The van der Waals surface area contributed by atoms with Gasteiger partial charge in [-0.1, -0.05) is 11.6 Å². The molecule has 132 valence electrons. The predicted octanol–water partition coefficient (Wildman–Crippen LogP) is 4.11. The second-order valence-corrected chi connectivity index (χ2v) is 6.52. The zero-order valence-electron chi connectivity index (χ0n) is 14.5. The van der Waals surface area contributed by atoms with E-state index >= 15 is 0 Å². The number of carbonyl (C=O) groups excluding carboxylic acids is 1. The molecule has 2 heterocycles. The van der Waals surface area contributed by atoms with E-state index in [4.69, 9.17) is 26.1 Å². The summed E-state index contributed by atoms with van der Waals surface area (Å²) in [6, 6.07) is 12.8. The van der Waals surface area contributed by atoms with E-state index in [9.17, 15) is 4.79 Å². The Morgan fingerprint density at radius 1 is 1.08 bits per heavy atom. The van der Waals surface area contributed by atoms with Gasteiger partial charge in [0.25, 0.3) is 5.91 Å². The summed E-state index contributed by atoms with van der Waals surface area (Å²) in [4.78, 5) is 19.4. The van der Waals surface area contributed by atoms with Gasteiger partial charge in [0.2, 0.25) is 0 Å². The molecular weight excluding hydrogens is 352 g/mol. The fourth-order valence-electron chi connectivity index (χ4n) is 3.26. The van der Waals surface area contributed by atoms with Crippen molar-refractivity contribution in [2.45, 2.75) is 6.42 Å². The molecule has 0 N–H and O–H groups in total. The normalized spacial score (nSPS) is 13.0. The van der Waals surface area contributed by atoms with E-state index in [1.807, 2.05) is 12.1 Å². The number of ether oxygens (including phenoxy) is 2. The molecule has 0 aliphatic carbocycles. The standard InChI is InChI=1S/C20H17ClN2O3/c1-25-17-6-3-13(11-18(17)26-2)20(24)23-8-7-12-9-14-10-15(21)4-5-16(14)22-19(12)23/h3-6,9-11H,7-8H2,1-2H3. The van der Waals surface area contributed by atoms with Crippen molar-refractivity contribution < 1.29 is 14.3 Å². The lowest BCUT2D eigenvalue weighted by Crippen LogP contribution is -2.29.